The maximum Gasteiger partial charge on any atom is 0.147 e. The molecule has 0 aliphatic heterocycles. The molecule has 1 aromatic heterocycles. The van der Waals surface area contributed by atoms with Gasteiger partial charge in [0.05, 0.1) is 5.02 Å². The fourth-order valence-corrected chi connectivity index (χ4v) is 2.40. The second-order valence-corrected chi connectivity index (χ2v) is 5.68. The molecule has 18 heavy (non-hydrogen) atoms. The number of pyridine rings is 1. The van der Waals surface area contributed by atoms with E-state index in [1.807, 2.05) is 19.3 Å². The van der Waals surface area contributed by atoms with Gasteiger partial charge in [0.1, 0.15) is 5.82 Å². The van der Waals surface area contributed by atoms with Crippen LogP contribution in [0.4, 0.5) is 5.82 Å². The van der Waals surface area contributed by atoms with E-state index >= 15 is 0 Å². The molecule has 102 valence electrons. The van der Waals surface area contributed by atoms with Crippen molar-refractivity contribution in [2.45, 2.75) is 39.8 Å². The molecule has 0 spiro atoms. The highest BCUT2D eigenvalue weighted by Gasteiger charge is 2.15. The van der Waals surface area contributed by atoms with Crippen LogP contribution in [0.5, 0.6) is 0 Å². The van der Waals surface area contributed by atoms with Crippen LogP contribution in [0.3, 0.4) is 0 Å². The van der Waals surface area contributed by atoms with Crippen molar-refractivity contribution >= 4 is 17.4 Å². The fraction of sp³-hybridized carbons (Fsp3) is 0.643. The number of hydrogen-bond acceptors (Lipinski definition) is 3. The highest BCUT2D eigenvalue weighted by molar-refractivity contribution is 6.33. The Morgan fingerprint density at radius 1 is 1.39 bits per heavy atom. The maximum absolute atomic E-state index is 6.31. The van der Waals surface area contributed by atoms with Gasteiger partial charge < -0.3 is 10.2 Å². The summed E-state index contributed by atoms with van der Waals surface area (Å²) in [4.78, 5) is 6.64. The van der Waals surface area contributed by atoms with Crippen LogP contribution in [0.1, 0.15) is 32.8 Å². The second kappa shape index (κ2) is 6.95. The van der Waals surface area contributed by atoms with Gasteiger partial charge >= 0.3 is 0 Å². The Bertz CT molecular complexity index is 379. The Kier molecular flexibility index (Phi) is 5.89. The molecule has 3 nitrogen and oxygen atoms in total. The zero-order valence-corrected chi connectivity index (χ0v) is 12.8. The van der Waals surface area contributed by atoms with E-state index in [9.17, 15) is 0 Å². The van der Waals surface area contributed by atoms with Crippen LogP contribution >= 0.6 is 11.6 Å². The number of anilines is 1. The molecule has 0 saturated carbocycles. The summed E-state index contributed by atoms with van der Waals surface area (Å²) in [6, 6.07) is 2.42. The van der Waals surface area contributed by atoms with Crippen LogP contribution < -0.4 is 10.2 Å². The third-order valence-electron chi connectivity index (χ3n) is 3.07. The normalized spacial score (nSPS) is 12.8. The molecular formula is C14H24ClN3. The van der Waals surface area contributed by atoms with Crippen molar-refractivity contribution in [3.63, 3.8) is 0 Å². The smallest absolute Gasteiger partial charge is 0.147 e. The number of halogens is 1. The zero-order valence-electron chi connectivity index (χ0n) is 12.0. The molecule has 1 rings (SSSR count). The van der Waals surface area contributed by atoms with Gasteiger partial charge in [0.15, 0.2) is 0 Å². The van der Waals surface area contributed by atoms with Gasteiger partial charge in [0.25, 0.3) is 0 Å². The molecule has 1 unspecified atom stereocenters. The first kappa shape index (κ1) is 15.3. The Hall–Kier alpha value is -0.800. The number of nitrogens with zero attached hydrogens (tertiary/aromatic N) is 2. The third kappa shape index (κ3) is 4.14. The quantitative estimate of drug-likeness (QED) is 0.859. The highest BCUT2D eigenvalue weighted by atomic mass is 35.5. The van der Waals surface area contributed by atoms with Crippen molar-refractivity contribution in [2.75, 3.05) is 19.0 Å². The average Bonchev–Trinajstić information content (AvgIpc) is 2.28. The minimum atomic E-state index is 0.435. The predicted octanol–water partition coefficient (Wildman–Crippen LogP) is 3.33. The molecule has 0 fully saturated rings. The Balaban J connectivity index is 2.82. The van der Waals surface area contributed by atoms with Crippen molar-refractivity contribution in [3.8, 4) is 0 Å². The first-order valence-corrected chi connectivity index (χ1v) is 6.85. The molecule has 0 aliphatic rings. The van der Waals surface area contributed by atoms with E-state index in [1.165, 1.54) is 0 Å². The minimum Gasteiger partial charge on any atom is -0.356 e. The molecule has 0 radical (unpaired) electrons. The lowest BCUT2D eigenvalue weighted by molar-refractivity contribution is 0.502. The topological polar surface area (TPSA) is 28.2 Å². The van der Waals surface area contributed by atoms with Crippen LogP contribution in [0, 0.1) is 5.92 Å². The SMILES string of the molecule is CNCc1cnc(N(C)C(C)CC(C)C)c(Cl)c1. The summed E-state index contributed by atoms with van der Waals surface area (Å²) in [5.41, 5.74) is 1.11. The lowest BCUT2D eigenvalue weighted by Gasteiger charge is -2.28. The van der Waals surface area contributed by atoms with Gasteiger partial charge in [-0.1, -0.05) is 25.4 Å². The number of rotatable bonds is 6. The summed E-state index contributed by atoms with van der Waals surface area (Å²) in [6.45, 7) is 7.46. The fourth-order valence-electron chi connectivity index (χ4n) is 2.08. The van der Waals surface area contributed by atoms with E-state index in [0.29, 0.717) is 12.0 Å². The van der Waals surface area contributed by atoms with Gasteiger partial charge in [-0.15, -0.1) is 0 Å². The van der Waals surface area contributed by atoms with Gasteiger partial charge in [-0.3, -0.25) is 0 Å². The molecule has 0 aromatic carbocycles. The van der Waals surface area contributed by atoms with Crippen LogP contribution in [-0.4, -0.2) is 25.1 Å². The van der Waals surface area contributed by atoms with E-state index in [-0.39, 0.29) is 0 Å². The summed E-state index contributed by atoms with van der Waals surface area (Å²) >= 11 is 6.31. The van der Waals surface area contributed by atoms with Crippen LogP contribution in [0.25, 0.3) is 0 Å². The summed E-state index contributed by atoms with van der Waals surface area (Å²) in [7, 11) is 3.97. The third-order valence-corrected chi connectivity index (χ3v) is 3.35. The molecule has 0 amide bonds. The van der Waals surface area contributed by atoms with Gasteiger partial charge in [0.2, 0.25) is 0 Å². The molecule has 1 heterocycles. The molecular weight excluding hydrogens is 246 g/mol. The van der Waals surface area contributed by atoms with Crippen LogP contribution in [0.15, 0.2) is 12.3 Å². The lowest BCUT2D eigenvalue weighted by atomic mass is 10.0. The van der Waals surface area contributed by atoms with Gasteiger partial charge in [-0.2, -0.15) is 0 Å². The first-order valence-electron chi connectivity index (χ1n) is 6.47. The molecule has 0 bridgehead atoms. The standard InChI is InChI=1S/C14H24ClN3/c1-10(2)6-11(3)18(5)14-13(15)7-12(8-16-4)9-17-14/h7,9-11,16H,6,8H2,1-5H3. The summed E-state index contributed by atoms with van der Waals surface area (Å²) in [6.07, 6.45) is 3.02. The summed E-state index contributed by atoms with van der Waals surface area (Å²) in [5.74, 6) is 1.54. The molecule has 4 heteroatoms. The average molecular weight is 270 g/mol. The molecule has 1 N–H and O–H groups in total. The minimum absolute atomic E-state index is 0.435. The molecule has 1 aromatic rings. The van der Waals surface area contributed by atoms with Crippen molar-refractivity contribution in [3.05, 3.63) is 22.8 Å². The Morgan fingerprint density at radius 2 is 2.06 bits per heavy atom. The highest BCUT2D eigenvalue weighted by Crippen LogP contribution is 2.26. The van der Waals surface area contributed by atoms with Crippen LogP contribution in [0.2, 0.25) is 5.02 Å². The number of nitrogens with one attached hydrogen (secondary N) is 1. The van der Waals surface area contributed by atoms with Gasteiger partial charge in [-0.05, 0) is 37.9 Å². The van der Waals surface area contributed by atoms with Crippen molar-refractivity contribution in [1.29, 1.82) is 0 Å². The Labute approximate surface area is 116 Å². The van der Waals surface area contributed by atoms with Crippen molar-refractivity contribution in [2.24, 2.45) is 5.92 Å². The van der Waals surface area contributed by atoms with Gasteiger partial charge in [0, 0.05) is 25.8 Å². The van der Waals surface area contributed by atoms with Crippen LogP contribution in [-0.2, 0) is 6.54 Å². The van der Waals surface area contributed by atoms with E-state index < -0.39 is 0 Å². The largest absolute Gasteiger partial charge is 0.356 e. The van der Waals surface area contributed by atoms with E-state index in [4.69, 9.17) is 11.6 Å². The predicted molar refractivity (Wildman–Crippen MR) is 79.3 cm³/mol. The van der Waals surface area contributed by atoms with Gasteiger partial charge in [-0.25, -0.2) is 4.98 Å². The monoisotopic (exact) mass is 269 g/mol. The maximum atomic E-state index is 6.31. The molecule has 0 saturated heterocycles. The van der Waals surface area contributed by atoms with E-state index in [2.05, 4.69) is 43.0 Å². The molecule has 1 atom stereocenters. The Morgan fingerprint density at radius 3 is 2.56 bits per heavy atom. The second-order valence-electron chi connectivity index (χ2n) is 5.27. The zero-order chi connectivity index (χ0) is 13.7. The molecule has 0 aliphatic carbocycles. The van der Waals surface area contributed by atoms with Crippen molar-refractivity contribution < 1.29 is 0 Å². The van der Waals surface area contributed by atoms with E-state index in [0.717, 1.165) is 29.4 Å². The lowest BCUT2D eigenvalue weighted by Crippen LogP contribution is -2.31. The summed E-state index contributed by atoms with van der Waals surface area (Å²) < 4.78 is 0. The summed E-state index contributed by atoms with van der Waals surface area (Å²) in [5, 5.41) is 3.82. The first-order chi connectivity index (χ1) is 8.45. The van der Waals surface area contributed by atoms with Crippen molar-refractivity contribution in [1.82, 2.24) is 10.3 Å². The number of hydrogen-bond donors (Lipinski definition) is 1. The number of aromatic nitrogens is 1. The van der Waals surface area contributed by atoms with E-state index in [1.54, 1.807) is 0 Å².